The summed E-state index contributed by atoms with van der Waals surface area (Å²) in [5, 5.41) is 7.62. The second-order valence-corrected chi connectivity index (χ2v) is 5.79. The number of carbonyl (C=O) groups excluding carboxylic acids is 2. The summed E-state index contributed by atoms with van der Waals surface area (Å²) in [6, 6.07) is 12.2. The molecule has 0 fully saturated rings. The van der Waals surface area contributed by atoms with Crippen LogP contribution in [-0.4, -0.2) is 26.9 Å². The molecule has 24 heavy (non-hydrogen) atoms. The molecular formula is C18H13N3O3. The van der Waals surface area contributed by atoms with Gasteiger partial charge in [-0.3, -0.25) is 19.3 Å². The van der Waals surface area contributed by atoms with E-state index in [9.17, 15) is 14.4 Å². The minimum absolute atomic E-state index is 0.0166. The minimum atomic E-state index is -0.344. The van der Waals surface area contributed by atoms with Gasteiger partial charge in [-0.1, -0.05) is 29.8 Å². The number of hydrogen-bond acceptors (Lipinski definition) is 4. The molecule has 1 aliphatic heterocycles. The van der Waals surface area contributed by atoms with Gasteiger partial charge in [-0.15, -0.1) is 0 Å². The smallest absolute Gasteiger partial charge is 0.269 e. The Bertz CT molecular complexity index is 1030. The van der Waals surface area contributed by atoms with Gasteiger partial charge in [0.2, 0.25) is 0 Å². The third-order valence-corrected chi connectivity index (χ3v) is 4.21. The summed E-state index contributed by atoms with van der Waals surface area (Å²) < 4.78 is 0. The molecule has 0 saturated heterocycles. The summed E-state index contributed by atoms with van der Waals surface area (Å²) in [7, 11) is 0. The highest BCUT2D eigenvalue weighted by atomic mass is 16.2. The maximum atomic E-state index is 12.5. The van der Waals surface area contributed by atoms with E-state index >= 15 is 0 Å². The molecule has 6 heteroatoms. The second kappa shape index (κ2) is 5.13. The van der Waals surface area contributed by atoms with Crippen molar-refractivity contribution in [3.63, 3.8) is 0 Å². The monoisotopic (exact) mass is 319 g/mol. The molecule has 0 bridgehead atoms. The van der Waals surface area contributed by atoms with E-state index in [1.807, 2.05) is 13.0 Å². The molecule has 1 aromatic heterocycles. The first kappa shape index (κ1) is 14.3. The molecule has 0 spiro atoms. The fraction of sp³-hybridized carbons (Fsp3) is 0.111. The van der Waals surface area contributed by atoms with Gasteiger partial charge in [0.25, 0.3) is 17.4 Å². The number of rotatable bonds is 2. The van der Waals surface area contributed by atoms with Crippen LogP contribution in [0.2, 0.25) is 0 Å². The summed E-state index contributed by atoms with van der Waals surface area (Å²) >= 11 is 0. The molecule has 0 atom stereocenters. The van der Waals surface area contributed by atoms with Gasteiger partial charge in [-0.2, -0.15) is 5.10 Å². The number of aryl methyl sites for hydroxylation is 1. The molecule has 2 heterocycles. The molecule has 1 aliphatic rings. The van der Waals surface area contributed by atoms with Gasteiger partial charge >= 0.3 is 0 Å². The average Bonchev–Trinajstić information content (AvgIpc) is 2.83. The predicted octanol–water partition coefficient (Wildman–Crippen LogP) is 2.03. The fourth-order valence-corrected chi connectivity index (χ4v) is 2.99. The summed E-state index contributed by atoms with van der Waals surface area (Å²) in [5.41, 5.74) is 1.93. The number of benzene rings is 2. The van der Waals surface area contributed by atoms with Crippen molar-refractivity contribution in [3.05, 3.63) is 75.2 Å². The Morgan fingerprint density at radius 2 is 1.62 bits per heavy atom. The van der Waals surface area contributed by atoms with Crippen LogP contribution in [-0.2, 0) is 6.54 Å². The van der Waals surface area contributed by atoms with Crippen LogP contribution in [0.5, 0.6) is 0 Å². The fourth-order valence-electron chi connectivity index (χ4n) is 2.99. The van der Waals surface area contributed by atoms with Crippen LogP contribution in [0.15, 0.2) is 47.3 Å². The first-order chi connectivity index (χ1) is 11.6. The predicted molar refractivity (Wildman–Crippen MR) is 87.7 cm³/mol. The Morgan fingerprint density at radius 3 is 2.29 bits per heavy atom. The Hall–Kier alpha value is -3.28. The highest BCUT2D eigenvalue weighted by Crippen LogP contribution is 2.25. The molecule has 6 nitrogen and oxygen atoms in total. The number of aromatic nitrogens is 2. The van der Waals surface area contributed by atoms with Crippen LogP contribution < -0.4 is 5.56 Å². The molecule has 1 N–H and O–H groups in total. The number of nitrogens with zero attached hydrogens (tertiary/aromatic N) is 2. The lowest BCUT2D eigenvalue weighted by molar-refractivity contribution is 0.0641. The lowest BCUT2D eigenvalue weighted by atomic mass is 10.1. The standard InChI is InChI=1S/C18H13N3O3/c1-10-6-7-11-14(8-10)16(22)20-19-15(11)9-21-17(23)12-4-2-3-5-13(12)18(21)24/h2-8H,9H2,1H3,(H,20,22). The SMILES string of the molecule is Cc1ccc2c(CN3C(=O)c4ccccc4C3=O)n[nH]c(=O)c2c1. The highest BCUT2D eigenvalue weighted by molar-refractivity contribution is 6.21. The van der Waals surface area contributed by atoms with Crippen LogP contribution >= 0.6 is 0 Å². The van der Waals surface area contributed by atoms with E-state index in [1.165, 1.54) is 0 Å². The third kappa shape index (κ3) is 2.04. The van der Waals surface area contributed by atoms with Crippen LogP contribution in [0.4, 0.5) is 0 Å². The molecular weight excluding hydrogens is 306 g/mol. The van der Waals surface area contributed by atoms with E-state index in [-0.39, 0.29) is 23.9 Å². The van der Waals surface area contributed by atoms with E-state index in [1.54, 1.807) is 36.4 Å². The number of fused-ring (bicyclic) bond motifs is 2. The maximum absolute atomic E-state index is 12.5. The second-order valence-electron chi connectivity index (χ2n) is 5.79. The lowest BCUT2D eigenvalue weighted by Crippen LogP contribution is -2.30. The molecule has 0 radical (unpaired) electrons. The van der Waals surface area contributed by atoms with Crippen LogP contribution in [0.1, 0.15) is 32.0 Å². The van der Waals surface area contributed by atoms with E-state index in [2.05, 4.69) is 10.2 Å². The van der Waals surface area contributed by atoms with Crippen LogP contribution in [0.3, 0.4) is 0 Å². The summed E-state index contributed by atoms with van der Waals surface area (Å²) in [4.78, 5) is 38.1. The number of H-pyrrole nitrogens is 1. The normalized spacial score (nSPS) is 13.6. The minimum Gasteiger partial charge on any atom is -0.269 e. The Kier molecular flexibility index (Phi) is 3.06. The Morgan fingerprint density at radius 1 is 0.958 bits per heavy atom. The van der Waals surface area contributed by atoms with Crippen LogP contribution in [0.25, 0.3) is 10.8 Å². The molecule has 2 amide bonds. The van der Waals surface area contributed by atoms with Crippen molar-refractivity contribution in [2.75, 3.05) is 0 Å². The van der Waals surface area contributed by atoms with Gasteiger partial charge in [0.1, 0.15) is 0 Å². The van der Waals surface area contributed by atoms with Crippen molar-refractivity contribution < 1.29 is 9.59 Å². The summed E-state index contributed by atoms with van der Waals surface area (Å²) in [6.45, 7) is 1.91. The molecule has 2 aromatic carbocycles. The van der Waals surface area contributed by atoms with Crippen molar-refractivity contribution in [2.45, 2.75) is 13.5 Å². The molecule has 4 rings (SSSR count). The highest BCUT2D eigenvalue weighted by Gasteiger charge is 2.35. The zero-order chi connectivity index (χ0) is 16.8. The molecule has 0 unspecified atom stereocenters. The van der Waals surface area contributed by atoms with E-state index in [0.717, 1.165) is 10.5 Å². The van der Waals surface area contributed by atoms with Gasteiger partial charge in [-0.25, -0.2) is 5.10 Å². The van der Waals surface area contributed by atoms with Crippen molar-refractivity contribution in [1.29, 1.82) is 0 Å². The molecule has 118 valence electrons. The number of carbonyl (C=O) groups is 2. The van der Waals surface area contributed by atoms with Gasteiger partial charge in [0.05, 0.1) is 28.8 Å². The zero-order valence-corrected chi connectivity index (χ0v) is 12.9. The quantitative estimate of drug-likeness (QED) is 0.733. The summed E-state index contributed by atoms with van der Waals surface area (Å²) in [6.07, 6.45) is 0. The topological polar surface area (TPSA) is 83.1 Å². The molecule has 0 aliphatic carbocycles. The average molecular weight is 319 g/mol. The van der Waals surface area contributed by atoms with Gasteiger partial charge < -0.3 is 0 Å². The Balaban J connectivity index is 1.79. The van der Waals surface area contributed by atoms with Gasteiger partial charge in [0.15, 0.2) is 0 Å². The van der Waals surface area contributed by atoms with Crippen molar-refractivity contribution in [2.24, 2.45) is 0 Å². The number of imide groups is 1. The number of nitrogens with one attached hydrogen (secondary N) is 1. The van der Waals surface area contributed by atoms with Gasteiger partial charge in [-0.05, 0) is 25.1 Å². The first-order valence-electron chi connectivity index (χ1n) is 7.49. The zero-order valence-electron chi connectivity index (χ0n) is 12.9. The van der Waals surface area contributed by atoms with E-state index in [4.69, 9.17) is 0 Å². The third-order valence-electron chi connectivity index (χ3n) is 4.21. The van der Waals surface area contributed by atoms with Crippen molar-refractivity contribution >= 4 is 22.6 Å². The number of hydrogen-bond donors (Lipinski definition) is 1. The number of amides is 2. The van der Waals surface area contributed by atoms with Crippen molar-refractivity contribution in [1.82, 2.24) is 15.1 Å². The van der Waals surface area contributed by atoms with Gasteiger partial charge in [0, 0.05) is 5.39 Å². The van der Waals surface area contributed by atoms with E-state index in [0.29, 0.717) is 27.6 Å². The van der Waals surface area contributed by atoms with E-state index < -0.39 is 0 Å². The summed E-state index contributed by atoms with van der Waals surface area (Å²) in [5.74, 6) is -0.687. The molecule has 3 aromatic rings. The largest absolute Gasteiger partial charge is 0.272 e. The maximum Gasteiger partial charge on any atom is 0.272 e. The Labute approximate surface area is 136 Å². The first-order valence-corrected chi connectivity index (χ1v) is 7.49. The lowest BCUT2D eigenvalue weighted by Gasteiger charge is -2.14. The van der Waals surface area contributed by atoms with Crippen molar-refractivity contribution in [3.8, 4) is 0 Å². The molecule has 0 saturated carbocycles. The number of aromatic amines is 1. The van der Waals surface area contributed by atoms with Crippen LogP contribution in [0, 0.1) is 6.92 Å².